The molecule has 4 aromatic rings. The van der Waals surface area contributed by atoms with Gasteiger partial charge in [-0.05, 0) is 52.3 Å². The standard InChI is InChI=1S/C20H13BrFN3/c21-18-19(14-4-2-1-3-5-14)24-25(17-8-6-16(22)7-9-17)20(18)15-10-12-23-13-11-15/h1-13H. The van der Waals surface area contributed by atoms with Gasteiger partial charge >= 0.3 is 0 Å². The van der Waals surface area contributed by atoms with Crippen LogP contribution in [-0.2, 0) is 0 Å². The Kier molecular flexibility index (Phi) is 4.15. The van der Waals surface area contributed by atoms with Crippen molar-refractivity contribution in [3.63, 3.8) is 0 Å². The molecule has 0 bridgehead atoms. The van der Waals surface area contributed by atoms with Crippen molar-refractivity contribution in [2.45, 2.75) is 0 Å². The number of halogens is 2. The van der Waals surface area contributed by atoms with E-state index in [1.165, 1.54) is 12.1 Å². The zero-order valence-electron chi connectivity index (χ0n) is 13.1. The normalized spacial score (nSPS) is 10.8. The van der Waals surface area contributed by atoms with Gasteiger partial charge in [0.2, 0.25) is 0 Å². The molecule has 0 fully saturated rings. The van der Waals surface area contributed by atoms with Crippen LogP contribution < -0.4 is 0 Å². The highest BCUT2D eigenvalue weighted by atomic mass is 79.9. The summed E-state index contributed by atoms with van der Waals surface area (Å²) in [5.41, 5.74) is 4.49. The van der Waals surface area contributed by atoms with Gasteiger partial charge in [-0.3, -0.25) is 4.98 Å². The van der Waals surface area contributed by atoms with Gasteiger partial charge in [-0.2, -0.15) is 5.10 Å². The Bertz CT molecular complexity index is 997. The molecule has 0 N–H and O–H groups in total. The monoisotopic (exact) mass is 393 g/mol. The number of rotatable bonds is 3. The smallest absolute Gasteiger partial charge is 0.123 e. The van der Waals surface area contributed by atoms with Gasteiger partial charge in [-0.1, -0.05) is 30.3 Å². The first-order valence-corrected chi connectivity index (χ1v) is 8.53. The van der Waals surface area contributed by atoms with Crippen LogP contribution in [0.15, 0.2) is 83.6 Å². The van der Waals surface area contributed by atoms with Gasteiger partial charge in [0.05, 0.1) is 15.9 Å². The Hall–Kier alpha value is -2.79. The molecule has 0 amide bonds. The van der Waals surface area contributed by atoms with E-state index in [0.717, 1.165) is 32.7 Å². The number of hydrogen-bond acceptors (Lipinski definition) is 2. The van der Waals surface area contributed by atoms with E-state index in [4.69, 9.17) is 5.10 Å². The molecule has 0 radical (unpaired) electrons. The topological polar surface area (TPSA) is 30.7 Å². The average molecular weight is 394 g/mol. The number of hydrogen-bond donors (Lipinski definition) is 0. The molecule has 2 heterocycles. The lowest BCUT2D eigenvalue weighted by Gasteiger charge is -2.08. The third kappa shape index (κ3) is 2.98. The SMILES string of the molecule is Fc1ccc(-n2nc(-c3ccccc3)c(Br)c2-c2ccncc2)cc1. The van der Waals surface area contributed by atoms with Crippen LogP contribution in [0.5, 0.6) is 0 Å². The molecule has 3 nitrogen and oxygen atoms in total. The van der Waals surface area contributed by atoms with Crippen molar-refractivity contribution in [1.29, 1.82) is 0 Å². The fourth-order valence-corrected chi connectivity index (χ4v) is 3.41. The Morgan fingerprint density at radius 1 is 0.800 bits per heavy atom. The van der Waals surface area contributed by atoms with E-state index in [9.17, 15) is 4.39 Å². The Balaban J connectivity index is 1.97. The Labute approximate surface area is 152 Å². The lowest BCUT2D eigenvalue weighted by molar-refractivity contribution is 0.627. The van der Waals surface area contributed by atoms with Crippen LogP contribution in [0.25, 0.3) is 28.2 Å². The molecule has 25 heavy (non-hydrogen) atoms. The quantitative estimate of drug-likeness (QED) is 0.459. The molecule has 0 aliphatic carbocycles. The molecule has 0 aliphatic heterocycles. The number of benzene rings is 2. The van der Waals surface area contributed by atoms with Crippen LogP contribution in [0, 0.1) is 5.82 Å². The van der Waals surface area contributed by atoms with Crippen molar-refractivity contribution in [2.75, 3.05) is 0 Å². The molecule has 2 aromatic heterocycles. The molecular weight excluding hydrogens is 381 g/mol. The van der Waals surface area contributed by atoms with Crippen molar-refractivity contribution >= 4 is 15.9 Å². The highest BCUT2D eigenvalue weighted by Crippen LogP contribution is 2.37. The molecule has 0 atom stereocenters. The van der Waals surface area contributed by atoms with Crippen LogP contribution in [0.4, 0.5) is 4.39 Å². The van der Waals surface area contributed by atoms with Gasteiger partial charge in [0.25, 0.3) is 0 Å². The fourth-order valence-electron chi connectivity index (χ4n) is 2.71. The predicted molar refractivity (Wildman–Crippen MR) is 99.9 cm³/mol. The highest BCUT2D eigenvalue weighted by Gasteiger charge is 2.19. The van der Waals surface area contributed by atoms with Crippen LogP contribution in [-0.4, -0.2) is 14.8 Å². The second-order valence-electron chi connectivity index (χ2n) is 5.50. The molecule has 4 rings (SSSR count). The average Bonchev–Trinajstić information content (AvgIpc) is 3.01. The minimum atomic E-state index is -0.274. The summed E-state index contributed by atoms with van der Waals surface area (Å²) in [4.78, 5) is 4.08. The summed E-state index contributed by atoms with van der Waals surface area (Å²) >= 11 is 3.71. The second kappa shape index (κ2) is 6.61. The lowest BCUT2D eigenvalue weighted by atomic mass is 10.1. The van der Waals surface area contributed by atoms with Crippen molar-refractivity contribution < 1.29 is 4.39 Å². The van der Waals surface area contributed by atoms with Crippen LogP contribution in [0.3, 0.4) is 0 Å². The van der Waals surface area contributed by atoms with E-state index in [2.05, 4.69) is 20.9 Å². The molecule has 0 saturated carbocycles. The van der Waals surface area contributed by atoms with Crippen LogP contribution in [0.2, 0.25) is 0 Å². The summed E-state index contributed by atoms with van der Waals surface area (Å²) in [5.74, 6) is -0.274. The largest absolute Gasteiger partial charge is 0.265 e. The fraction of sp³-hybridized carbons (Fsp3) is 0. The first-order chi connectivity index (χ1) is 12.2. The Morgan fingerprint density at radius 2 is 1.48 bits per heavy atom. The number of nitrogens with zero attached hydrogens (tertiary/aromatic N) is 3. The summed E-state index contributed by atoms with van der Waals surface area (Å²) in [5, 5.41) is 4.78. The molecule has 5 heteroatoms. The summed E-state index contributed by atoms with van der Waals surface area (Å²) < 4.78 is 16.0. The van der Waals surface area contributed by atoms with Crippen LogP contribution >= 0.6 is 15.9 Å². The number of pyridine rings is 1. The molecule has 0 saturated heterocycles. The summed E-state index contributed by atoms with van der Waals surface area (Å²) in [6, 6.07) is 20.1. The van der Waals surface area contributed by atoms with Gasteiger partial charge in [0, 0.05) is 23.5 Å². The number of aromatic nitrogens is 3. The molecular formula is C20H13BrFN3. The Morgan fingerprint density at radius 3 is 2.16 bits per heavy atom. The molecule has 0 spiro atoms. The van der Waals surface area contributed by atoms with Gasteiger partial charge in [0.15, 0.2) is 0 Å². The van der Waals surface area contributed by atoms with Gasteiger partial charge in [0.1, 0.15) is 11.5 Å². The van der Waals surface area contributed by atoms with E-state index in [-0.39, 0.29) is 5.82 Å². The second-order valence-corrected chi connectivity index (χ2v) is 6.29. The lowest BCUT2D eigenvalue weighted by Crippen LogP contribution is -1.99. The summed E-state index contributed by atoms with van der Waals surface area (Å²) in [6.45, 7) is 0. The van der Waals surface area contributed by atoms with Crippen molar-refractivity contribution in [1.82, 2.24) is 14.8 Å². The van der Waals surface area contributed by atoms with E-state index < -0.39 is 0 Å². The molecule has 2 aromatic carbocycles. The van der Waals surface area contributed by atoms with Gasteiger partial charge < -0.3 is 0 Å². The maximum atomic E-state index is 13.3. The van der Waals surface area contributed by atoms with Crippen LogP contribution in [0.1, 0.15) is 0 Å². The molecule has 122 valence electrons. The minimum absolute atomic E-state index is 0.274. The van der Waals surface area contributed by atoms with E-state index in [1.54, 1.807) is 24.5 Å². The first kappa shape index (κ1) is 15.7. The molecule has 0 unspecified atom stereocenters. The zero-order valence-corrected chi connectivity index (χ0v) is 14.7. The minimum Gasteiger partial charge on any atom is -0.265 e. The van der Waals surface area contributed by atoms with E-state index >= 15 is 0 Å². The summed E-state index contributed by atoms with van der Waals surface area (Å²) in [7, 11) is 0. The highest BCUT2D eigenvalue weighted by molar-refractivity contribution is 9.10. The third-order valence-corrected chi connectivity index (χ3v) is 4.65. The first-order valence-electron chi connectivity index (χ1n) is 7.74. The van der Waals surface area contributed by atoms with Gasteiger partial charge in [-0.15, -0.1) is 0 Å². The summed E-state index contributed by atoms with van der Waals surface area (Å²) in [6.07, 6.45) is 3.48. The van der Waals surface area contributed by atoms with Gasteiger partial charge in [-0.25, -0.2) is 9.07 Å². The maximum Gasteiger partial charge on any atom is 0.123 e. The van der Waals surface area contributed by atoms with E-state index in [1.807, 2.05) is 47.1 Å². The van der Waals surface area contributed by atoms with E-state index in [0.29, 0.717) is 0 Å². The predicted octanol–water partition coefficient (Wildman–Crippen LogP) is 5.50. The molecule has 0 aliphatic rings. The van der Waals surface area contributed by atoms with Crippen molar-refractivity contribution in [3.05, 3.63) is 89.4 Å². The van der Waals surface area contributed by atoms with Crippen molar-refractivity contribution in [2.24, 2.45) is 0 Å². The maximum absolute atomic E-state index is 13.3. The zero-order chi connectivity index (χ0) is 17.2. The third-order valence-electron chi connectivity index (χ3n) is 3.90. The van der Waals surface area contributed by atoms with Crippen molar-refractivity contribution in [3.8, 4) is 28.2 Å².